The zero-order valence-electron chi connectivity index (χ0n) is 11.3. The maximum absolute atomic E-state index is 11.7. The standard InChI is InChI=1S/C15H11BrN2O4/c16-13-6-5-12(22-13)15(20)18-8-14(19)21-9-11-4-2-1-3-10(11)7-17/h1-6H,8-9H2,(H,18,20). The molecule has 0 aliphatic rings. The third kappa shape index (κ3) is 4.20. The number of ether oxygens (including phenoxy) is 1. The van der Waals surface area contributed by atoms with Gasteiger partial charge in [-0.25, -0.2) is 0 Å². The zero-order valence-corrected chi connectivity index (χ0v) is 12.9. The summed E-state index contributed by atoms with van der Waals surface area (Å²) in [7, 11) is 0. The molecular weight excluding hydrogens is 352 g/mol. The van der Waals surface area contributed by atoms with Gasteiger partial charge in [0.15, 0.2) is 10.4 Å². The number of halogens is 1. The summed E-state index contributed by atoms with van der Waals surface area (Å²) in [6, 6.07) is 11.9. The lowest BCUT2D eigenvalue weighted by molar-refractivity contribution is -0.143. The summed E-state index contributed by atoms with van der Waals surface area (Å²) in [5.74, 6) is -1.03. The van der Waals surface area contributed by atoms with Gasteiger partial charge in [0.25, 0.3) is 5.91 Å². The van der Waals surface area contributed by atoms with Gasteiger partial charge in [0, 0.05) is 5.56 Å². The largest absolute Gasteiger partial charge is 0.459 e. The molecule has 22 heavy (non-hydrogen) atoms. The van der Waals surface area contributed by atoms with E-state index in [9.17, 15) is 9.59 Å². The first kappa shape index (κ1) is 15.8. The lowest BCUT2D eigenvalue weighted by atomic mass is 10.1. The van der Waals surface area contributed by atoms with E-state index in [4.69, 9.17) is 14.4 Å². The second-order valence-electron chi connectivity index (χ2n) is 4.22. The van der Waals surface area contributed by atoms with E-state index in [1.54, 1.807) is 30.3 Å². The molecule has 0 atom stereocenters. The summed E-state index contributed by atoms with van der Waals surface area (Å²) in [4.78, 5) is 23.3. The number of hydrogen-bond acceptors (Lipinski definition) is 5. The molecule has 2 aromatic rings. The second-order valence-corrected chi connectivity index (χ2v) is 5.00. The van der Waals surface area contributed by atoms with Gasteiger partial charge in [-0.15, -0.1) is 0 Å². The Morgan fingerprint density at radius 1 is 1.27 bits per heavy atom. The topological polar surface area (TPSA) is 92.3 Å². The van der Waals surface area contributed by atoms with Crippen molar-refractivity contribution >= 4 is 27.8 Å². The van der Waals surface area contributed by atoms with Gasteiger partial charge in [0.1, 0.15) is 13.2 Å². The number of carbonyl (C=O) groups excluding carboxylic acids is 2. The van der Waals surface area contributed by atoms with Crippen LogP contribution in [0.1, 0.15) is 21.7 Å². The number of esters is 1. The Morgan fingerprint density at radius 3 is 2.73 bits per heavy atom. The molecule has 7 heteroatoms. The molecule has 6 nitrogen and oxygen atoms in total. The van der Waals surface area contributed by atoms with Crippen LogP contribution in [0, 0.1) is 11.3 Å². The van der Waals surface area contributed by atoms with Gasteiger partial charge in [0.2, 0.25) is 0 Å². The molecule has 112 valence electrons. The van der Waals surface area contributed by atoms with Crippen LogP contribution in [-0.4, -0.2) is 18.4 Å². The van der Waals surface area contributed by atoms with Crippen molar-refractivity contribution in [1.29, 1.82) is 5.26 Å². The molecule has 0 fully saturated rings. The number of rotatable bonds is 5. The minimum absolute atomic E-state index is 0.0231. The molecule has 0 spiro atoms. The van der Waals surface area contributed by atoms with Crippen LogP contribution >= 0.6 is 15.9 Å². The van der Waals surface area contributed by atoms with Crippen molar-refractivity contribution in [2.24, 2.45) is 0 Å². The predicted molar refractivity (Wildman–Crippen MR) is 79.7 cm³/mol. The number of nitriles is 1. The predicted octanol–water partition coefficient (Wildman–Crippen LogP) is 2.39. The van der Waals surface area contributed by atoms with E-state index in [0.717, 1.165) is 0 Å². The second kappa shape index (κ2) is 7.43. The van der Waals surface area contributed by atoms with E-state index in [0.29, 0.717) is 15.8 Å². The summed E-state index contributed by atoms with van der Waals surface area (Å²) < 4.78 is 10.5. The van der Waals surface area contributed by atoms with E-state index in [2.05, 4.69) is 21.2 Å². The van der Waals surface area contributed by atoms with Gasteiger partial charge in [-0.3, -0.25) is 9.59 Å². The van der Waals surface area contributed by atoms with E-state index in [-0.39, 0.29) is 18.9 Å². The SMILES string of the molecule is N#Cc1ccccc1COC(=O)CNC(=O)c1ccc(Br)o1. The molecule has 0 unspecified atom stereocenters. The van der Waals surface area contributed by atoms with Crippen LogP contribution in [0.4, 0.5) is 0 Å². The number of amides is 1. The van der Waals surface area contributed by atoms with Crippen molar-refractivity contribution in [3.05, 3.63) is 58.0 Å². The number of furan rings is 1. The Labute approximate surface area is 134 Å². The molecule has 0 saturated heterocycles. The molecule has 2 rings (SSSR count). The summed E-state index contributed by atoms with van der Waals surface area (Å²) in [5.41, 5.74) is 1.06. The third-order valence-corrected chi connectivity index (χ3v) is 3.14. The Morgan fingerprint density at radius 2 is 2.05 bits per heavy atom. The molecule has 1 heterocycles. The molecule has 1 aromatic heterocycles. The molecule has 0 bridgehead atoms. The molecule has 1 aromatic carbocycles. The minimum Gasteiger partial charge on any atom is -0.459 e. The monoisotopic (exact) mass is 362 g/mol. The Hall–Kier alpha value is -2.59. The molecular formula is C15H11BrN2O4. The van der Waals surface area contributed by atoms with Crippen LogP contribution in [0.2, 0.25) is 0 Å². The minimum atomic E-state index is -0.605. The molecule has 0 saturated carbocycles. The van der Waals surface area contributed by atoms with Crippen molar-refractivity contribution in [3.63, 3.8) is 0 Å². The Bertz CT molecular complexity index is 733. The van der Waals surface area contributed by atoms with Gasteiger partial charge in [-0.2, -0.15) is 5.26 Å². The lowest BCUT2D eigenvalue weighted by Gasteiger charge is -2.06. The number of carbonyl (C=O) groups is 2. The molecule has 0 aliphatic heterocycles. The zero-order chi connectivity index (χ0) is 15.9. The summed E-state index contributed by atoms with van der Waals surface area (Å²) >= 11 is 3.08. The summed E-state index contributed by atoms with van der Waals surface area (Å²) in [5, 5.41) is 11.3. The van der Waals surface area contributed by atoms with Crippen LogP contribution in [0.3, 0.4) is 0 Å². The van der Waals surface area contributed by atoms with Crippen LogP contribution < -0.4 is 5.32 Å². The summed E-state index contributed by atoms with van der Waals surface area (Å²) in [6.07, 6.45) is 0. The molecule has 1 amide bonds. The number of hydrogen-bond donors (Lipinski definition) is 1. The quantitative estimate of drug-likeness (QED) is 0.824. The normalized spacial score (nSPS) is 9.82. The maximum Gasteiger partial charge on any atom is 0.325 e. The highest BCUT2D eigenvalue weighted by molar-refractivity contribution is 9.10. The van der Waals surface area contributed by atoms with E-state index >= 15 is 0 Å². The third-order valence-electron chi connectivity index (χ3n) is 2.72. The van der Waals surface area contributed by atoms with Gasteiger partial charge < -0.3 is 14.5 Å². The van der Waals surface area contributed by atoms with Crippen LogP contribution in [0.5, 0.6) is 0 Å². The first-order valence-electron chi connectivity index (χ1n) is 6.27. The van der Waals surface area contributed by atoms with Crippen molar-refractivity contribution in [1.82, 2.24) is 5.32 Å². The van der Waals surface area contributed by atoms with E-state index in [1.807, 2.05) is 6.07 Å². The number of nitrogens with one attached hydrogen (secondary N) is 1. The van der Waals surface area contributed by atoms with Crippen LogP contribution in [0.15, 0.2) is 45.5 Å². The highest BCUT2D eigenvalue weighted by Gasteiger charge is 2.12. The fraction of sp³-hybridized carbons (Fsp3) is 0.133. The van der Waals surface area contributed by atoms with Gasteiger partial charge in [-0.1, -0.05) is 18.2 Å². The van der Waals surface area contributed by atoms with Crippen molar-refractivity contribution in [3.8, 4) is 6.07 Å². The molecule has 0 radical (unpaired) electrons. The van der Waals surface area contributed by atoms with Gasteiger partial charge in [0.05, 0.1) is 11.6 Å². The van der Waals surface area contributed by atoms with Crippen molar-refractivity contribution in [2.75, 3.05) is 6.54 Å². The summed E-state index contributed by atoms with van der Waals surface area (Å²) in [6.45, 7) is -0.309. The smallest absolute Gasteiger partial charge is 0.325 e. The van der Waals surface area contributed by atoms with E-state index in [1.165, 1.54) is 6.07 Å². The average Bonchev–Trinajstić information content (AvgIpc) is 2.97. The Balaban J connectivity index is 1.81. The fourth-order valence-corrected chi connectivity index (χ4v) is 1.95. The van der Waals surface area contributed by atoms with Crippen LogP contribution in [0.25, 0.3) is 0 Å². The molecule has 1 N–H and O–H groups in total. The lowest BCUT2D eigenvalue weighted by Crippen LogP contribution is -2.30. The first-order valence-corrected chi connectivity index (χ1v) is 7.06. The fourth-order valence-electron chi connectivity index (χ4n) is 1.64. The average molecular weight is 363 g/mol. The number of nitrogens with zero attached hydrogens (tertiary/aromatic N) is 1. The maximum atomic E-state index is 11.7. The Kier molecular flexibility index (Phi) is 5.33. The highest BCUT2D eigenvalue weighted by Crippen LogP contribution is 2.13. The van der Waals surface area contributed by atoms with Crippen LogP contribution in [-0.2, 0) is 16.1 Å². The number of benzene rings is 1. The van der Waals surface area contributed by atoms with Crippen molar-refractivity contribution < 1.29 is 18.7 Å². The van der Waals surface area contributed by atoms with Crippen molar-refractivity contribution in [2.45, 2.75) is 6.61 Å². The first-order chi connectivity index (χ1) is 10.6. The molecule has 0 aliphatic carbocycles. The van der Waals surface area contributed by atoms with E-state index < -0.39 is 11.9 Å². The highest BCUT2D eigenvalue weighted by atomic mass is 79.9. The van der Waals surface area contributed by atoms with Gasteiger partial charge >= 0.3 is 5.97 Å². The van der Waals surface area contributed by atoms with Gasteiger partial charge in [-0.05, 0) is 34.1 Å².